The van der Waals surface area contributed by atoms with Crippen LogP contribution in [0, 0.1) is 0 Å². The van der Waals surface area contributed by atoms with Crippen LogP contribution in [0.4, 0.5) is 0 Å². The van der Waals surface area contributed by atoms with Crippen molar-refractivity contribution < 1.29 is 0 Å². The largest absolute Gasteiger partial charge is 0.0622 e. The highest BCUT2D eigenvalue weighted by atomic mass is 14.1. The smallest absolute Gasteiger partial charge is 0.0171 e. The zero-order valence-corrected chi connectivity index (χ0v) is 32.1. The molecule has 58 heavy (non-hydrogen) atoms. The van der Waals surface area contributed by atoms with Crippen LogP contribution in [0.15, 0.2) is 231 Å². The molecule has 0 aliphatic carbocycles. The van der Waals surface area contributed by atoms with Gasteiger partial charge >= 0.3 is 0 Å². The van der Waals surface area contributed by atoms with Gasteiger partial charge in [-0.05, 0) is 160 Å². The summed E-state index contributed by atoms with van der Waals surface area (Å²) >= 11 is 0. The fourth-order valence-electron chi connectivity index (χ4n) is 8.06. The maximum absolute atomic E-state index is 2.32. The SMILES string of the molecule is C(=C\c1ccc2cc(-c3cc(-c4ccccc4)cc(-c4ccccc4)c3)ccc2c1)/c1ccc2cc(-c3cc(-c4ccccc4)cc(-c4ccccc4)c3)ccc2c1. The summed E-state index contributed by atoms with van der Waals surface area (Å²) in [6, 6.07) is 83.7. The number of hydrogen-bond acceptors (Lipinski definition) is 0. The third kappa shape index (κ3) is 7.40. The van der Waals surface area contributed by atoms with Gasteiger partial charge < -0.3 is 0 Å². The second-order valence-corrected chi connectivity index (χ2v) is 15.0. The molecule has 0 bridgehead atoms. The molecule has 272 valence electrons. The van der Waals surface area contributed by atoms with E-state index in [2.05, 4.69) is 243 Å². The van der Waals surface area contributed by atoms with E-state index in [1.807, 2.05) is 0 Å². The van der Waals surface area contributed by atoms with Crippen LogP contribution in [0.5, 0.6) is 0 Å². The summed E-state index contributed by atoms with van der Waals surface area (Å²) in [6.45, 7) is 0. The molecule has 0 spiro atoms. The maximum Gasteiger partial charge on any atom is -0.0171 e. The van der Waals surface area contributed by atoms with E-state index >= 15 is 0 Å². The van der Waals surface area contributed by atoms with Gasteiger partial charge in [0.25, 0.3) is 0 Å². The van der Waals surface area contributed by atoms with Crippen molar-refractivity contribution >= 4 is 33.7 Å². The molecule has 0 N–H and O–H groups in total. The van der Waals surface area contributed by atoms with Crippen molar-refractivity contribution in [1.82, 2.24) is 0 Å². The van der Waals surface area contributed by atoms with Crippen LogP contribution < -0.4 is 0 Å². The van der Waals surface area contributed by atoms with Crippen molar-refractivity contribution in [2.75, 3.05) is 0 Å². The van der Waals surface area contributed by atoms with Gasteiger partial charge in [-0.3, -0.25) is 0 Å². The van der Waals surface area contributed by atoms with Crippen molar-refractivity contribution in [2.24, 2.45) is 0 Å². The summed E-state index contributed by atoms with van der Waals surface area (Å²) < 4.78 is 0. The molecule has 10 aromatic carbocycles. The molecular weight excluding hydrogens is 697 g/mol. The van der Waals surface area contributed by atoms with Crippen LogP contribution in [-0.2, 0) is 0 Å². The summed E-state index contributed by atoms with van der Waals surface area (Å²) in [5, 5.41) is 4.91. The number of benzene rings is 10. The minimum atomic E-state index is 1.18. The molecule has 0 atom stereocenters. The van der Waals surface area contributed by atoms with Gasteiger partial charge in [-0.1, -0.05) is 182 Å². The predicted molar refractivity (Wildman–Crippen MR) is 249 cm³/mol. The fourth-order valence-corrected chi connectivity index (χ4v) is 8.06. The Hall–Kier alpha value is -7.54. The number of hydrogen-bond donors (Lipinski definition) is 0. The lowest BCUT2D eigenvalue weighted by Crippen LogP contribution is -1.87. The standard InChI is InChI=1S/C58H40/c1-5-13-43(14-6-1)53-35-54(44-15-7-2-8-16-44)38-57(37-53)51-29-27-47-31-41(23-25-49(47)33-51)21-22-42-24-26-50-34-52(30-28-48(50)32-42)58-39-55(45-17-9-3-10-18-45)36-56(40-58)46-19-11-4-12-20-46/h1-40H/b22-21+. The van der Waals surface area contributed by atoms with Gasteiger partial charge in [0, 0.05) is 0 Å². The van der Waals surface area contributed by atoms with Gasteiger partial charge in [0.15, 0.2) is 0 Å². The predicted octanol–water partition coefficient (Wildman–Crippen LogP) is 16.2. The van der Waals surface area contributed by atoms with E-state index in [1.165, 1.54) is 99.4 Å². The van der Waals surface area contributed by atoms with E-state index in [9.17, 15) is 0 Å². The Bertz CT molecular complexity index is 2740. The number of fused-ring (bicyclic) bond motifs is 2. The van der Waals surface area contributed by atoms with Gasteiger partial charge in [0.05, 0.1) is 0 Å². The normalized spacial score (nSPS) is 11.4. The summed E-state index contributed by atoms with van der Waals surface area (Å²) in [4.78, 5) is 0. The van der Waals surface area contributed by atoms with E-state index in [0.717, 1.165) is 0 Å². The molecular formula is C58H40. The van der Waals surface area contributed by atoms with E-state index in [0.29, 0.717) is 0 Å². The Kier molecular flexibility index (Phi) is 9.35. The molecule has 0 saturated carbocycles. The van der Waals surface area contributed by atoms with E-state index in [1.54, 1.807) is 0 Å². The van der Waals surface area contributed by atoms with Crippen molar-refractivity contribution in [3.8, 4) is 66.8 Å². The zero-order valence-electron chi connectivity index (χ0n) is 32.1. The highest BCUT2D eigenvalue weighted by Gasteiger charge is 2.10. The van der Waals surface area contributed by atoms with Crippen LogP contribution in [0.2, 0.25) is 0 Å². The topological polar surface area (TPSA) is 0 Å². The molecule has 0 heterocycles. The Labute approximate surface area is 340 Å². The minimum Gasteiger partial charge on any atom is -0.0622 e. The van der Waals surface area contributed by atoms with Gasteiger partial charge in [-0.15, -0.1) is 0 Å². The monoisotopic (exact) mass is 736 g/mol. The van der Waals surface area contributed by atoms with Gasteiger partial charge in [0.2, 0.25) is 0 Å². The van der Waals surface area contributed by atoms with Gasteiger partial charge in [-0.2, -0.15) is 0 Å². The van der Waals surface area contributed by atoms with Crippen LogP contribution in [-0.4, -0.2) is 0 Å². The first-order chi connectivity index (χ1) is 28.7. The van der Waals surface area contributed by atoms with E-state index < -0.39 is 0 Å². The summed E-state index contributed by atoms with van der Waals surface area (Å²) in [6.07, 6.45) is 4.44. The zero-order chi connectivity index (χ0) is 38.7. The third-order valence-electron chi connectivity index (χ3n) is 11.2. The maximum atomic E-state index is 2.32. The lowest BCUT2D eigenvalue weighted by atomic mass is 9.92. The highest BCUT2D eigenvalue weighted by molar-refractivity contribution is 5.93. The molecule has 0 aliphatic rings. The van der Waals surface area contributed by atoms with Crippen LogP contribution >= 0.6 is 0 Å². The molecule has 0 radical (unpaired) electrons. The Morgan fingerprint density at radius 3 is 0.741 bits per heavy atom. The van der Waals surface area contributed by atoms with Crippen molar-refractivity contribution in [3.63, 3.8) is 0 Å². The quantitative estimate of drug-likeness (QED) is 0.136. The average Bonchev–Trinajstić information content (AvgIpc) is 3.31. The van der Waals surface area contributed by atoms with Crippen molar-refractivity contribution in [1.29, 1.82) is 0 Å². The first kappa shape index (κ1) is 34.9. The lowest BCUT2D eigenvalue weighted by Gasteiger charge is -2.12. The molecule has 10 rings (SSSR count). The fraction of sp³-hybridized carbons (Fsp3) is 0. The molecule has 0 amide bonds. The van der Waals surface area contributed by atoms with Crippen molar-refractivity contribution in [2.45, 2.75) is 0 Å². The molecule has 0 nitrogen and oxygen atoms in total. The van der Waals surface area contributed by atoms with E-state index in [-0.39, 0.29) is 0 Å². The van der Waals surface area contributed by atoms with Crippen LogP contribution in [0.3, 0.4) is 0 Å². The second kappa shape index (κ2) is 15.5. The van der Waals surface area contributed by atoms with Gasteiger partial charge in [0.1, 0.15) is 0 Å². The molecule has 10 aromatic rings. The molecule has 0 fully saturated rings. The first-order valence-electron chi connectivity index (χ1n) is 20.0. The van der Waals surface area contributed by atoms with Crippen LogP contribution in [0.25, 0.3) is 100 Å². The average molecular weight is 737 g/mol. The molecule has 0 saturated heterocycles. The molecule has 0 aromatic heterocycles. The van der Waals surface area contributed by atoms with Crippen molar-refractivity contribution in [3.05, 3.63) is 242 Å². The van der Waals surface area contributed by atoms with Gasteiger partial charge in [-0.25, -0.2) is 0 Å². The van der Waals surface area contributed by atoms with E-state index in [4.69, 9.17) is 0 Å². The highest BCUT2D eigenvalue weighted by Crippen LogP contribution is 2.36. The Balaban J connectivity index is 0.918. The van der Waals surface area contributed by atoms with Crippen LogP contribution in [0.1, 0.15) is 11.1 Å². The number of rotatable bonds is 8. The molecule has 0 aliphatic heterocycles. The Morgan fingerprint density at radius 2 is 0.431 bits per heavy atom. The molecule has 0 unspecified atom stereocenters. The third-order valence-corrected chi connectivity index (χ3v) is 11.2. The minimum absolute atomic E-state index is 1.18. The summed E-state index contributed by atoms with van der Waals surface area (Å²) in [5.41, 5.74) is 17.0. The summed E-state index contributed by atoms with van der Waals surface area (Å²) in [5.74, 6) is 0. The molecule has 0 heteroatoms. The summed E-state index contributed by atoms with van der Waals surface area (Å²) in [7, 11) is 0. The Morgan fingerprint density at radius 1 is 0.172 bits per heavy atom. The second-order valence-electron chi connectivity index (χ2n) is 15.0. The lowest BCUT2D eigenvalue weighted by molar-refractivity contribution is 1.57. The first-order valence-corrected chi connectivity index (χ1v) is 20.0.